The van der Waals surface area contributed by atoms with E-state index in [-0.39, 0.29) is 11.8 Å². The molecule has 3 nitrogen and oxygen atoms in total. The fraction of sp³-hybridized carbons (Fsp3) is 0.250. The zero-order valence-corrected chi connectivity index (χ0v) is 9.11. The van der Waals surface area contributed by atoms with Crippen molar-refractivity contribution < 1.29 is 9.18 Å². The smallest absolute Gasteiger partial charge is 0.301 e. The number of anilines is 1. The molecule has 84 valence electrons. The second kappa shape index (κ2) is 3.96. The van der Waals surface area contributed by atoms with Gasteiger partial charge in [-0.3, -0.25) is 4.90 Å². The number of rotatable bonds is 1. The van der Waals surface area contributed by atoms with Gasteiger partial charge in [-0.1, -0.05) is 12.6 Å². The van der Waals surface area contributed by atoms with Crippen LogP contribution in [0.5, 0.6) is 0 Å². The van der Waals surface area contributed by atoms with Gasteiger partial charge in [0.1, 0.15) is 5.82 Å². The van der Waals surface area contributed by atoms with Crippen molar-refractivity contribution in [2.45, 2.75) is 6.42 Å². The molecule has 1 aromatic carbocycles. The Kier molecular flexibility index (Phi) is 2.64. The lowest BCUT2D eigenvalue weighted by Gasteiger charge is -2.34. The van der Waals surface area contributed by atoms with Crippen molar-refractivity contribution in [3.8, 4) is 0 Å². The van der Waals surface area contributed by atoms with E-state index in [9.17, 15) is 9.18 Å². The van der Waals surface area contributed by atoms with E-state index in [2.05, 4.69) is 6.58 Å². The molecule has 2 amide bonds. The Morgan fingerprint density at radius 3 is 2.88 bits per heavy atom. The zero-order chi connectivity index (χ0) is 11.7. The molecule has 1 aliphatic rings. The molecule has 0 aliphatic carbocycles. The maximum absolute atomic E-state index is 13.1. The minimum atomic E-state index is -0.336. The van der Waals surface area contributed by atoms with E-state index in [0.29, 0.717) is 18.7 Å². The van der Waals surface area contributed by atoms with Crippen LogP contribution in [0.1, 0.15) is 6.42 Å². The average Bonchev–Trinajstić information content (AvgIpc) is 2.26. The van der Waals surface area contributed by atoms with Crippen LogP contribution in [0, 0.1) is 5.82 Å². The van der Waals surface area contributed by atoms with Gasteiger partial charge in [0.05, 0.1) is 0 Å². The summed E-state index contributed by atoms with van der Waals surface area (Å²) in [5.41, 5.74) is 1.38. The normalized spacial score (nSPS) is 16.9. The molecule has 1 heterocycles. The second-order valence-electron chi connectivity index (χ2n) is 3.79. The zero-order valence-electron chi connectivity index (χ0n) is 9.11. The highest BCUT2D eigenvalue weighted by Crippen LogP contribution is 2.23. The molecule has 1 saturated heterocycles. The van der Waals surface area contributed by atoms with E-state index in [1.165, 1.54) is 17.0 Å². The molecule has 0 saturated carbocycles. The molecule has 4 heteroatoms. The second-order valence-corrected chi connectivity index (χ2v) is 3.79. The Labute approximate surface area is 93.8 Å². The highest BCUT2D eigenvalue weighted by molar-refractivity contribution is 5.93. The standard InChI is InChI=1S/C12H13FN2O/c1-9-6-7-15(12(16)14(9)2)11-5-3-4-10(13)8-11/h3-5,8H,1,6-7H2,2H3. The predicted molar refractivity (Wildman–Crippen MR) is 60.7 cm³/mol. The Bertz CT molecular complexity index is 444. The van der Waals surface area contributed by atoms with Crippen LogP contribution in [0.25, 0.3) is 0 Å². The Morgan fingerprint density at radius 2 is 2.19 bits per heavy atom. The molecule has 0 bridgehead atoms. The summed E-state index contributed by atoms with van der Waals surface area (Å²) in [6, 6.07) is 5.88. The van der Waals surface area contributed by atoms with Crippen molar-refractivity contribution >= 4 is 11.7 Å². The van der Waals surface area contributed by atoms with E-state index in [1.807, 2.05) is 0 Å². The number of carbonyl (C=O) groups excluding carboxylic acids is 1. The van der Waals surface area contributed by atoms with Crippen molar-refractivity contribution in [1.29, 1.82) is 0 Å². The first-order chi connectivity index (χ1) is 7.59. The molecular weight excluding hydrogens is 207 g/mol. The lowest BCUT2D eigenvalue weighted by atomic mass is 10.2. The highest BCUT2D eigenvalue weighted by atomic mass is 19.1. The van der Waals surface area contributed by atoms with Gasteiger partial charge in [-0.05, 0) is 18.2 Å². The quantitative estimate of drug-likeness (QED) is 0.713. The molecule has 0 N–H and O–H groups in total. The molecule has 0 radical (unpaired) electrons. The Hall–Kier alpha value is -1.84. The van der Waals surface area contributed by atoms with E-state index in [4.69, 9.17) is 0 Å². The van der Waals surface area contributed by atoms with Crippen LogP contribution in [-0.2, 0) is 0 Å². The molecule has 0 atom stereocenters. The van der Waals surface area contributed by atoms with Crippen LogP contribution in [0.15, 0.2) is 36.5 Å². The highest BCUT2D eigenvalue weighted by Gasteiger charge is 2.26. The van der Waals surface area contributed by atoms with Crippen molar-refractivity contribution in [2.24, 2.45) is 0 Å². The molecule has 0 aromatic heterocycles. The van der Waals surface area contributed by atoms with Crippen LogP contribution in [0.3, 0.4) is 0 Å². The number of halogens is 1. The fourth-order valence-corrected chi connectivity index (χ4v) is 1.70. The van der Waals surface area contributed by atoms with Crippen LogP contribution in [0.4, 0.5) is 14.9 Å². The number of benzene rings is 1. The molecule has 16 heavy (non-hydrogen) atoms. The van der Waals surface area contributed by atoms with E-state index < -0.39 is 0 Å². The maximum atomic E-state index is 13.1. The summed E-state index contributed by atoms with van der Waals surface area (Å²) in [4.78, 5) is 15.0. The lowest BCUT2D eigenvalue weighted by molar-refractivity contribution is 0.219. The van der Waals surface area contributed by atoms with Crippen LogP contribution in [0.2, 0.25) is 0 Å². The average molecular weight is 220 g/mol. The van der Waals surface area contributed by atoms with Gasteiger partial charge in [0.15, 0.2) is 0 Å². The predicted octanol–water partition coefficient (Wildman–Crippen LogP) is 2.60. The largest absolute Gasteiger partial charge is 0.328 e. The summed E-state index contributed by atoms with van der Waals surface area (Å²) in [7, 11) is 1.68. The van der Waals surface area contributed by atoms with Gasteiger partial charge in [-0.25, -0.2) is 9.18 Å². The third kappa shape index (κ3) is 1.78. The van der Waals surface area contributed by atoms with Crippen LogP contribution in [-0.4, -0.2) is 24.5 Å². The van der Waals surface area contributed by atoms with Crippen molar-refractivity contribution in [3.05, 3.63) is 42.4 Å². The van der Waals surface area contributed by atoms with Crippen molar-refractivity contribution in [3.63, 3.8) is 0 Å². The van der Waals surface area contributed by atoms with Gasteiger partial charge in [-0.2, -0.15) is 0 Å². The number of hydrogen-bond donors (Lipinski definition) is 0. The van der Waals surface area contributed by atoms with Gasteiger partial charge in [0, 0.05) is 31.4 Å². The Morgan fingerprint density at radius 1 is 1.44 bits per heavy atom. The third-order valence-corrected chi connectivity index (χ3v) is 2.74. The van der Waals surface area contributed by atoms with Crippen molar-refractivity contribution in [2.75, 3.05) is 18.5 Å². The van der Waals surface area contributed by atoms with Crippen LogP contribution < -0.4 is 4.90 Å². The van der Waals surface area contributed by atoms with Gasteiger partial charge in [0.25, 0.3) is 0 Å². The first kappa shape index (κ1) is 10.7. The molecule has 0 unspecified atom stereocenters. The molecule has 0 spiro atoms. The van der Waals surface area contributed by atoms with Gasteiger partial charge < -0.3 is 4.90 Å². The Balaban J connectivity index is 2.28. The molecule has 1 fully saturated rings. The molecule has 1 aliphatic heterocycles. The van der Waals surface area contributed by atoms with Gasteiger partial charge in [-0.15, -0.1) is 0 Å². The third-order valence-electron chi connectivity index (χ3n) is 2.74. The minimum Gasteiger partial charge on any atom is -0.301 e. The molecule has 1 aromatic rings. The van der Waals surface area contributed by atoms with E-state index >= 15 is 0 Å². The van der Waals surface area contributed by atoms with Crippen molar-refractivity contribution in [1.82, 2.24) is 4.90 Å². The first-order valence-corrected chi connectivity index (χ1v) is 5.08. The topological polar surface area (TPSA) is 23.6 Å². The SMILES string of the molecule is C=C1CCN(c2cccc(F)c2)C(=O)N1C. The first-order valence-electron chi connectivity index (χ1n) is 5.08. The maximum Gasteiger partial charge on any atom is 0.328 e. The lowest BCUT2D eigenvalue weighted by Crippen LogP contribution is -2.46. The number of nitrogens with zero attached hydrogens (tertiary/aromatic N) is 2. The summed E-state index contributed by atoms with van der Waals surface area (Å²) >= 11 is 0. The van der Waals surface area contributed by atoms with E-state index in [0.717, 1.165) is 5.70 Å². The number of carbonyl (C=O) groups is 1. The fourth-order valence-electron chi connectivity index (χ4n) is 1.70. The van der Waals surface area contributed by atoms with Gasteiger partial charge in [0.2, 0.25) is 0 Å². The summed E-state index contributed by atoms with van der Waals surface area (Å²) < 4.78 is 13.1. The number of hydrogen-bond acceptors (Lipinski definition) is 1. The number of urea groups is 1. The number of amides is 2. The molecule has 2 rings (SSSR count). The minimum absolute atomic E-state index is 0.165. The summed E-state index contributed by atoms with van der Waals surface area (Å²) in [5, 5.41) is 0. The monoisotopic (exact) mass is 220 g/mol. The summed E-state index contributed by atoms with van der Waals surface area (Å²) in [6.07, 6.45) is 0.707. The van der Waals surface area contributed by atoms with Gasteiger partial charge >= 0.3 is 6.03 Å². The van der Waals surface area contributed by atoms with Crippen LogP contribution >= 0.6 is 0 Å². The molecular formula is C12H13FN2O. The van der Waals surface area contributed by atoms with E-state index in [1.54, 1.807) is 24.1 Å². The summed E-state index contributed by atoms with van der Waals surface area (Å²) in [5.74, 6) is -0.336. The summed E-state index contributed by atoms with van der Waals surface area (Å²) in [6.45, 7) is 4.34.